The van der Waals surface area contributed by atoms with Crippen molar-refractivity contribution in [3.63, 3.8) is 0 Å². The van der Waals surface area contributed by atoms with Gasteiger partial charge in [-0.3, -0.25) is 10.1 Å². The second kappa shape index (κ2) is 7.80. The molecule has 0 unspecified atom stereocenters. The van der Waals surface area contributed by atoms with Crippen LogP contribution in [0.5, 0.6) is 0 Å². The molecule has 4 aromatic rings. The van der Waals surface area contributed by atoms with Crippen LogP contribution >= 0.6 is 0 Å². The molecule has 3 aromatic carbocycles. The van der Waals surface area contributed by atoms with E-state index in [0.29, 0.717) is 5.69 Å². The topological polar surface area (TPSA) is 54.5 Å². The van der Waals surface area contributed by atoms with Crippen LogP contribution in [0.25, 0.3) is 16.6 Å². The first-order chi connectivity index (χ1) is 15.1. The number of aryl methyl sites for hydroxylation is 1. The van der Waals surface area contributed by atoms with E-state index >= 15 is 0 Å². The summed E-state index contributed by atoms with van der Waals surface area (Å²) in [6, 6.07) is 23.9. The third-order valence-corrected chi connectivity index (χ3v) is 6.09. The van der Waals surface area contributed by atoms with Gasteiger partial charge in [0.1, 0.15) is 5.69 Å². The second-order valence-corrected chi connectivity index (χ2v) is 7.94. The van der Waals surface area contributed by atoms with E-state index in [0.717, 1.165) is 48.3 Å². The SMILES string of the molecule is Cc1cn(-c2cc(N3CCN(c4ccccc4)CC3)ccc2[N+](=O)[O-])c2ccccc12. The Kier molecular flexibility index (Phi) is 4.82. The summed E-state index contributed by atoms with van der Waals surface area (Å²) in [5, 5.41) is 12.9. The Morgan fingerprint density at radius 1 is 0.806 bits per heavy atom. The van der Waals surface area contributed by atoms with Crippen molar-refractivity contribution < 1.29 is 4.92 Å². The second-order valence-electron chi connectivity index (χ2n) is 7.94. The van der Waals surface area contributed by atoms with Crippen molar-refractivity contribution in [1.29, 1.82) is 0 Å². The number of rotatable bonds is 4. The molecule has 6 nitrogen and oxygen atoms in total. The first-order valence-corrected chi connectivity index (χ1v) is 10.5. The Labute approximate surface area is 181 Å². The normalized spacial score (nSPS) is 14.2. The highest BCUT2D eigenvalue weighted by atomic mass is 16.6. The third-order valence-electron chi connectivity index (χ3n) is 6.09. The lowest BCUT2D eigenvalue weighted by atomic mass is 10.1. The quantitative estimate of drug-likeness (QED) is 0.343. The van der Waals surface area contributed by atoms with Crippen LogP contribution < -0.4 is 9.80 Å². The molecule has 1 aliphatic rings. The van der Waals surface area contributed by atoms with Crippen LogP contribution in [0, 0.1) is 17.0 Å². The minimum absolute atomic E-state index is 0.118. The minimum Gasteiger partial charge on any atom is -0.368 e. The highest BCUT2D eigenvalue weighted by molar-refractivity contribution is 5.86. The summed E-state index contributed by atoms with van der Waals surface area (Å²) in [5.74, 6) is 0. The fraction of sp³-hybridized carbons (Fsp3) is 0.200. The van der Waals surface area contributed by atoms with Gasteiger partial charge in [-0.25, -0.2) is 0 Å². The maximum atomic E-state index is 11.8. The molecule has 156 valence electrons. The van der Waals surface area contributed by atoms with Gasteiger partial charge in [0.05, 0.1) is 10.4 Å². The number of hydrogen-bond donors (Lipinski definition) is 0. The van der Waals surface area contributed by atoms with Gasteiger partial charge in [0, 0.05) is 55.2 Å². The van der Waals surface area contributed by atoms with E-state index in [9.17, 15) is 10.1 Å². The molecule has 0 spiro atoms. The molecule has 31 heavy (non-hydrogen) atoms. The van der Waals surface area contributed by atoms with Crippen molar-refractivity contribution in [2.45, 2.75) is 6.92 Å². The molecule has 2 heterocycles. The van der Waals surface area contributed by atoms with Crippen molar-refractivity contribution in [3.8, 4) is 5.69 Å². The molecule has 0 bridgehead atoms. The van der Waals surface area contributed by atoms with Crippen molar-refractivity contribution >= 4 is 28.0 Å². The molecule has 0 N–H and O–H groups in total. The van der Waals surface area contributed by atoms with Gasteiger partial charge in [-0.1, -0.05) is 36.4 Å². The predicted molar refractivity (Wildman–Crippen MR) is 126 cm³/mol. The Morgan fingerprint density at radius 3 is 2.16 bits per heavy atom. The average molecular weight is 412 g/mol. The first-order valence-electron chi connectivity index (χ1n) is 10.5. The Balaban J connectivity index is 1.49. The molecule has 5 rings (SSSR count). The maximum Gasteiger partial charge on any atom is 0.293 e. The number of benzene rings is 3. The van der Waals surface area contributed by atoms with Crippen LogP contribution in [-0.2, 0) is 0 Å². The summed E-state index contributed by atoms with van der Waals surface area (Å²) in [4.78, 5) is 16.2. The highest BCUT2D eigenvalue weighted by Gasteiger charge is 2.22. The number of para-hydroxylation sites is 2. The zero-order valence-corrected chi connectivity index (χ0v) is 17.4. The van der Waals surface area contributed by atoms with Gasteiger partial charge in [-0.2, -0.15) is 0 Å². The van der Waals surface area contributed by atoms with Gasteiger partial charge in [0.15, 0.2) is 0 Å². The van der Waals surface area contributed by atoms with Crippen molar-refractivity contribution in [1.82, 2.24) is 4.57 Å². The zero-order chi connectivity index (χ0) is 21.4. The standard InChI is InChI=1S/C25H24N4O2/c1-19-18-28(23-10-6-5-9-22(19)23)25-17-21(11-12-24(25)29(30)31)27-15-13-26(14-16-27)20-7-3-2-4-8-20/h2-12,17-18H,13-16H2,1H3. The van der Waals surface area contributed by atoms with Gasteiger partial charge in [-0.05, 0) is 42.8 Å². The number of hydrogen-bond acceptors (Lipinski definition) is 4. The molecule has 1 fully saturated rings. The molecule has 1 aliphatic heterocycles. The third kappa shape index (κ3) is 3.50. The van der Waals surface area contributed by atoms with E-state index in [1.54, 1.807) is 6.07 Å². The van der Waals surface area contributed by atoms with Crippen LogP contribution in [0.3, 0.4) is 0 Å². The maximum absolute atomic E-state index is 11.8. The van der Waals surface area contributed by atoms with Gasteiger partial charge >= 0.3 is 0 Å². The number of nitro benzene ring substituents is 1. The highest BCUT2D eigenvalue weighted by Crippen LogP contribution is 2.33. The van der Waals surface area contributed by atoms with Crippen molar-refractivity contribution in [2.24, 2.45) is 0 Å². The Morgan fingerprint density at radius 2 is 1.45 bits per heavy atom. The lowest BCUT2D eigenvalue weighted by Crippen LogP contribution is -2.46. The first kappa shape index (κ1) is 19.2. The summed E-state index contributed by atoms with van der Waals surface area (Å²) in [6.45, 7) is 5.62. The summed E-state index contributed by atoms with van der Waals surface area (Å²) >= 11 is 0. The van der Waals surface area contributed by atoms with Gasteiger partial charge in [0.2, 0.25) is 0 Å². The van der Waals surface area contributed by atoms with Crippen LogP contribution in [-0.4, -0.2) is 35.7 Å². The van der Waals surface area contributed by atoms with Crippen LogP contribution in [0.2, 0.25) is 0 Å². The van der Waals surface area contributed by atoms with Crippen LogP contribution in [0.15, 0.2) is 79.0 Å². The van der Waals surface area contributed by atoms with E-state index in [-0.39, 0.29) is 10.6 Å². The molecule has 1 saturated heterocycles. The Hall–Kier alpha value is -3.80. The van der Waals surface area contributed by atoms with E-state index in [2.05, 4.69) is 40.1 Å². The number of anilines is 2. The average Bonchev–Trinajstić information content (AvgIpc) is 3.16. The minimum atomic E-state index is -0.295. The summed E-state index contributed by atoms with van der Waals surface area (Å²) in [5.41, 5.74) is 5.07. The van der Waals surface area contributed by atoms with E-state index < -0.39 is 0 Å². The smallest absolute Gasteiger partial charge is 0.293 e. The number of nitro groups is 1. The van der Waals surface area contributed by atoms with Gasteiger partial charge in [0.25, 0.3) is 5.69 Å². The van der Waals surface area contributed by atoms with E-state index in [1.807, 2.05) is 54.1 Å². The summed E-state index contributed by atoms with van der Waals surface area (Å²) in [6.07, 6.45) is 1.99. The summed E-state index contributed by atoms with van der Waals surface area (Å²) < 4.78 is 1.95. The number of nitrogens with zero attached hydrogens (tertiary/aromatic N) is 4. The molecule has 0 amide bonds. The molecule has 0 aliphatic carbocycles. The zero-order valence-electron chi connectivity index (χ0n) is 17.4. The van der Waals surface area contributed by atoms with Crippen LogP contribution in [0.4, 0.5) is 17.1 Å². The fourth-order valence-electron chi connectivity index (χ4n) is 4.47. The Bertz CT molecular complexity index is 1240. The van der Waals surface area contributed by atoms with Gasteiger partial charge < -0.3 is 14.4 Å². The fourth-order valence-corrected chi connectivity index (χ4v) is 4.47. The lowest BCUT2D eigenvalue weighted by Gasteiger charge is -2.37. The number of fused-ring (bicyclic) bond motifs is 1. The summed E-state index contributed by atoms with van der Waals surface area (Å²) in [7, 11) is 0. The molecular weight excluding hydrogens is 388 g/mol. The van der Waals surface area contributed by atoms with E-state index in [4.69, 9.17) is 0 Å². The molecule has 0 saturated carbocycles. The molecule has 6 heteroatoms. The van der Waals surface area contributed by atoms with Crippen LogP contribution in [0.1, 0.15) is 5.56 Å². The lowest BCUT2D eigenvalue weighted by molar-refractivity contribution is -0.384. The van der Waals surface area contributed by atoms with Crippen molar-refractivity contribution in [2.75, 3.05) is 36.0 Å². The van der Waals surface area contributed by atoms with Gasteiger partial charge in [-0.15, -0.1) is 0 Å². The molecule has 0 radical (unpaired) electrons. The molecule has 1 aromatic heterocycles. The largest absolute Gasteiger partial charge is 0.368 e. The monoisotopic (exact) mass is 412 g/mol. The number of piperazine rings is 1. The predicted octanol–water partition coefficient (Wildman–Crippen LogP) is 5.17. The molecular formula is C25H24N4O2. The number of aromatic nitrogens is 1. The molecule has 0 atom stereocenters. The van der Waals surface area contributed by atoms with E-state index in [1.165, 1.54) is 5.69 Å². The van der Waals surface area contributed by atoms with Crippen molar-refractivity contribution in [3.05, 3.63) is 94.7 Å².